The van der Waals surface area contributed by atoms with Crippen LogP contribution in [0.15, 0.2) is 12.1 Å². The van der Waals surface area contributed by atoms with E-state index < -0.39 is 5.91 Å². The Morgan fingerprint density at radius 1 is 1.45 bits per heavy atom. The van der Waals surface area contributed by atoms with E-state index in [1.807, 2.05) is 0 Å². The van der Waals surface area contributed by atoms with Crippen LogP contribution < -0.4 is 5.48 Å². The average molecular weight is 306 g/mol. The van der Waals surface area contributed by atoms with Crippen molar-refractivity contribution in [3.05, 3.63) is 34.6 Å². The van der Waals surface area contributed by atoms with E-state index in [9.17, 15) is 9.18 Å². The number of hydroxylamine groups is 1. The molecule has 1 aliphatic carbocycles. The Labute approximate surface area is 128 Å². The van der Waals surface area contributed by atoms with Crippen molar-refractivity contribution in [2.75, 3.05) is 13.2 Å². The summed E-state index contributed by atoms with van der Waals surface area (Å²) >= 11 is 0. The van der Waals surface area contributed by atoms with Gasteiger partial charge in [0.1, 0.15) is 5.82 Å². The van der Waals surface area contributed by atoms with Gasteiger partial charge in [0.25, 0.3) is 5.91 Å². The molecule has 2 fully saturated rings. The smallest absolute Gasteiger partial charge is 0.274 e. The summed E-state index contributed by atoms with van der Waals surface area (Å²) in [5.74, 6) is -1.05. The number of amides is 1. The van der Waals surface area contributed by atoms with Crippen LogP contribution in [0.1, 0.15) is 40.7 Å². The third-order valence-corrected chi connectivity index (χ3v) is 5.48. The van der Waals surface area contributed by atoms with E-state index in [4.69, 9.17) is 9.94 Å². The number of halogens is 1. The SMILES string of the molecule is O=C(NO)c1cc(F)c2c(c1)CCN(C1CCC13CCO3)C2. The van der Waals surface area contributed by atoms with E-state index in [1.54, 1.807) is 11.5 Å². The van der Waals surface area contributed by atoms with Crippen LogP contribution in [0, 0.1) is 5.82 Å². The van der Waals surface area contributed by atoms with Gasteiger partial charge in [0.15, 0.2) is 0 Å². The topological polar surface area (TPSA) is 61.8 Å². The minimum atomic E-state index is -0.676. The zero-order chi connectivity index (χ0) is 15.3. The lowest BCUT2D eigenvalue weighted by Gasteiger charge is -2.59. The van der Waals surface area contributed by atoms with Crippen molar-refractivity contribution in [1.29, 1.82) is 0 Å². The molecule has 1 spiro atoms. The fourth-order valence-corrected chi connectivity index (χ4v) is 4.04. The summed E-state index contributed by atoms with van der Waals surface area (Å²) in [6, 6.07) is 3.27. The van der Waals surface area contributed by atoms with Crippen LogP contribution in [0.3, 0.4) is 0 Å². The molecule has 3 aliphatic rings. The van der Waals surface area contributed by atoms with Crippen molar-refractivity contribution in [2.24, 2.45) is 0 Å². The standard InChI is InChI=1S/C16H19FN2O3/c17-13-8-11(15(20)18-21)7-10-2-5-19(9-12(10)13)14-1-3-16(14)4-6-22-16/h7-8,14,21H,1-6,9H2,(H,18,20). The molecule has 2 heterocycles. The van der Waals surface area contributed by atoms with Crippen molar-refractivity contribution in [1.82, 2.24) is 10.4 Å². The Bertz CT molecular complexity index is 625. The van der Waals surface area contributed by atoms with Gasteiger partial charge >= 0.3 is 0 Å². The summed E-state index contributed by atoms with van der Waals surface area (Å²) in [6.07, 6.45) is 4.05. The number of hydrogen-bond acceptors (Lipinski definition) is 4. The number of nitrogens with zero attached hydrogens (tertiary/aromatic N) is 1. The van der Waals surface area contributed by atoms with E-state index in [0.29, 0.717) is 24.6 Å². The predicted octanol–water partition coefficient (Wildman–Crippen LogP) is 1.62. The molecule has 2 aliphatic heterocycles. The van der Waals surface area contributed by atoms with Gasteiger partial charge in [0, 0.05) is 36.7 Å². The Morgan fingerprint density at radius 2 is 2.27 bits per heavy atom. The van der Waals surface area contributed by atoms with E-state index in [1.165, 1.54) is 6.07 Å². The van der Waals surface area contributed by atoms with Crippen LogP contribution in [-0.2, 0) is 17.7 Å². The number of carbonyl (C=O) groups is 1. The molecule has 2 unspecified atom stereocenters. The van der Waals surface area contributed by atoms with Crippen LogP contribution in [0.5, 0.6) is 0 Å². The van der Waals surface area contributed by atoms with E-state index in [2.05, 4.69) is 4.90 Å². The maximum Gasteiger partial charge on any atom is 0.274 e. The molecule has 0 aromatic heterocycles. The normalized spacial score (nSPS) is 30.4. The van der Waals surface area contributed by atoms with Crippen molar-refractivity contribution >= 4 is 5.91 Å². The lowest BCUT2D eigenvalue weighted by atomic mass is 9.68. The van der Waals surface area contributed by atoms with Crippen molar-refractivity contribution in [3.63, 3.8) is 0 Å². The highest BCUT2D eigenvalue weighted by atomic mass is 19.1. The zero-order valence-corrected chi connectivity index (χ0v) is 12.3. The van der Waals surface area contributed by atoms with Gasteiger partial charge in [-0.15, -0.1) is 0 Å². The summed E-state index contributed by atoms with van der Waals surface area (Å²) in [4.78, 5) is 13.8. The van der Waals surface area contributed by atoms with Gasteiger partial charge in [-0.2, -0.15) is 0 Å². The van der Waals surface area contributed by atoms with E-state index in [-0.39, 0.29) is 17.0 Å². The van der Waals surface area contributed by atoms with Gasteiger partial charge in [-0.25, -0.2) is 9.87 Å². The number of rotatable bonds is 2. The third kappa shape index (κ3) is 1.98. The summed E-state index contributed by atoms with van der Waals surface area (Å²) in [5.41, 5.74) is 3.28. The number of fused-ring (bicyclic) bond motifs is 1. The van der Waals surface area contributed by atoms with Gasteiger partial charge in [-0.3, -0.25) is 14.9 Å². The average Bonchev–Trinajstić information content (AvgIpc) is 2.44. The molecule has 1 saturated heterocycles. The number of ether oxygens (including phenoxy) is 1. The van der Waals surface area contributed by atoms with Crippen LogP contribution in [0.2, 0.25) is 0 Å². The number of hydrogen-bond donors (Lipinski definition) is 2. The molecule has 1 aromatic carbocycles. The van der Waals surface area contributed by atoms with Crippen LogP contribution in [0.25, 0.3) is 0 Å². The molecule has 1 saturated carbocycles. The second-order valence-electron chi connectivity index (χ2n) is 6.47. The largest absolute Gasteiger partial charge is 0.373 e. The first kappa shape index (κ1) is 14.1. The van der Waals surface area contributed by atoms with Gasteiger partial charge in [-0.05, 0) is 37.0 Å². The molecule has 1 aromatic rings. The molecule has 2 atom stereocenters. The van der Waals surface area contributed by atoms with Gasteiger partial charge < -0.3 is 4.74 Å². The first-order valence-electron chi connectivity index (χ1n) is 7.77. The second-order valence-corrected chi connectivity index (χ2v) is 6.47. The van der Waals surface area contributed by atoms with Crippen molar-refractivity contribution in [2.45, 2.75) is 43.9 Å². The van der Waals surface area contributed by atoms with Crippen LogP contribution >= 0.6 is 0 Å². The van der Waals surface area contributed by atoms with Crippen LogP contribution in [-0.4, -0.2) is 40.8 Å². The molecule has 118 valence electrons. The molecule has 6 heteroatoms. The van der Waals surface area contributed by atoms with Crippen molar-refractivity contribution < 1.29 is 19.1 Å². The third-order valence-electron chi connectivity index (χ3n) is 5.48. The predicted molar refractivity (Wildman–Crippen MR) is 76.1 cm³/mol. The maximum atomic E-state index is 14.4. The Kier molecular flexibility index (Phi) is 3.21. The number of benzene rings is 1. The molecule has 22 heavy (non-hydrogen) atoms. The van der Waals surface area contributed by atoms with E-state index in [0.717, 1.165) is 38.0 Å². The minimum absolute atomic E-state index is 0.0324. The molecule has 0 radical (unpaired) electrons. The van der Waals surface area contributed by atoms with Gasteiger partial charge in [-0.1, -0.05) is 0 Å². The zero-order valence-electron chi connectivity index (χ0n) is 12.3. The second kappa shape index (κ2) is 5.01. The minimum Gasteiger partial charge on any atom is -0.373 e. The first-order valence-corrected chi connectivity index (χ1v) is 7.77. The highest BCUT2D eigenvalue weighted by Crippen LogP contribution is 2.48. The monoisotopic (exact) mass is 306 g/mol. The maximum absolute atomic E-state index is 14.4. The molecule has 1 amide bonds. The number of nitrogens with one attached hydrogen (secondary N) is 1. The lowest BCUT2D eigenvalue weighted by molar-refractivity contribution is -0.237. The molecular formula is C16H19FN2O3. The fraction of sp³-hybridized carbons (Fsp3) is 0.562. The van der Waals surface area contributed by atoms with Gasteiger partial charge in [0.05, 0.1) is 12.2 Å². The molecule has 0 bridgehead atoms. The molecular weight excluding hydrogens is 287 g/mol. The Balaban J connectivity index is 1.57. The molecule has 4 rings (SSSR count). The Hall–Kier alpha value is -1.50. The lowest BCUT2D eigenvalue weighted by Crippen LogP contribution is -2.67. The highest BCUT2D eigenvalue weighted by Gasteiger charge is 2.55. The quantitative estimate of drug-likeness (QED) is 0.644. The Morgan fingerprint density at radius 3 is 2.86 bits per heavy atom. The summed E-state index contributed by atoms with van der Waals surface area (Å²) in [5, 5.41) is 8.68. The van der Waals surface area contributed by atoms with Crippen molar-refractivity contribution in [3.8, 4) is 0 Å². The summed E-state index contributed by atoms with van der Waals surface area (Å²) in [7, 11) is 0. The van der Waals surface area contributed by atoms with Gasteiger partial charge in [0.2, 0.25) is 0 Å². The molecule has 2 N–H and O–H groups in total. The highest BCUT2D eigenvalue weighted by molar-refractivity contribution is 5.93. The fourth-order valence-electron chi connectivity index (χ4n) is 4.04. The summed E-state index contributed by atoms with van der Waals surface area (Å²) < 4.78 is 20.1. The van der Waals surface area contributed by atoms with Crippen LogP contribution in [0.4, 0.5) is 4.39 Å². The first-order chi connectivity index (χ1) is 10.6. The summed E-state index contributed by atoms with van der Waals surface area (Å²) in [6.45, 7) is 2.26. The van der Waals surface area contributed by atoms with E-state index >= 15 is 0 Å². The number of carbonyl (C=O) groups excluding carboxylic acids is 1. The molecule has 5 nitrogen and oxygen atoms in total.